The molecule has 2 heterocycles. The zero-order valence-electron chi connectivity index (χ0n) is 13.2. The van der Waals surface area contributed by atoms with Crippen molar-refractivity contribution >= 4 is 0 Å². The minimum absolute atomic E-state index is 0.397. The van der Waals surface area contributed by atoms with E-state index in [1.807, 2.05) is 0 Å². The lowest BCUT2D eigenvalue weighted by molar-refractivity contribution is 0.138. The molecule has 3 rings (SSSR count). The molecule has 2 aliphatic rings. The van der Waals surface area contributed by atoms with E-state index in [9.17, 15) is 0 Å². The van der Waals surface area contributed by atoms with Crippen LogP contribution < -0.4 is 5.32 Å². The van der Waals surface area contributed by atoms with Crippen molar-refractivity contribution in [1.82, 2.24) is 14.9 Å². The van der Waals surface area contributed by atoms with E-state index in [0.29, 0.717) is 23.5 Å². The van der Waals surface area contributed by atoms with E-state index in [2.05, 4.69) is 48.2 Å². The highest BCUT2D eigenvalue weighted by molar-refractivity contribution is 5.10. The van der Waals surface area contributed by atoms with Crippen molar-refractivity contribution in [1.29, 1.82) is 0 Å². The molecule has 1 aromatic heterocycles. The van der Waals surface area contributed by atoms with Crippen LogP contribution in [0.3, 0.4) is 0 Å². The van der Waals surface area contributed by atoms with Crippen LogP contribution >= 0.6 is 0 Å². The van der Waals surface area contributed by atoms with E-state index in [4.69, 9.17) is 0 Å². The molecule has 3 heteroatoms. The van der Waals surface area contributed by atoms with Crippen molar-refractivity contribution in [3.05, 3.63) is 18.2 Å². The molecule has 1 saturated carbocycles. The summed E-state index contributed by atoms with van der Waals surface area (Å²) >= 11 is 0. The molecule has 1 aliphatic heterocycles. The summed E-state index contributed by atoms with van der Waals surface area (Å²) in [5.41, 5.74) is 1.81. The first-order chi connectivity index (χ1) is 9.58. The molecule has 0 amide bonds. The average Bonchev–Trinajstić information content (AvgIpc) is 2.87. The third-order valence-corrected chi connectivity index (χ3v) is 5.46. The van der Waals surface area contributed by atoms with Crippen molar-refractivity contribution in [3.8, 4) is 0 Å². The molecule has 0 aromatic carbocycles. The molecule has 3 nitrogen and oxygen atoms in total. The van der Waals surface area contributed by atoms with Gasteiger partial charge in [0.1, 0.15) is 0 Å². The number of rotatable bonds is 2. The molecule has 3 unspecified atom stereocenters. The maximum absolute atomic E-state index is 4.49. The first kappa shape index (κ1) is 14.1. The zero-order chi connectivity index (χ0) is 14.2. The fourth-order valence-corrected chi connectivity index (χ4v) is 4.21. The van der Waals surface area contributed by atoms with Crippen molar-refractivity contribution in [2.24, 2.45) is 5.41 Å². The topological polar surface area (TPSA) is 29.9 Å². The van der Waals surface area contributed by atoms with Crippen LogP contribution in [0.4, 0.5) is 0 Å². The fourth-order valence-electron chi connectivity index (χ4n) is 4.21. The number of hydrogen-bond donors (Lipinski definition) is 1. The smallest absolute Gasteiger partial charge is 0.0951 e. The van der Waals surface area contributed by atoms with Crippen LogP contribution in [0.5, 0.6) is 0 Å². The zero-order valence-corrected chi connectivity index (χ0v) is 13.2. The van der Waals surface area contributed by atoms with Gasteiger partial charge in [0, 0.05) is 24.3 Å². The fraction of sp³-hybridized carbons (Fsp3) is 0.824. The number of nitrogens with zero attached hydrogens (tertiary/aromatic N) is 2. The highest BCUT2D eigenvalue weighted by atomic mass is 15.1. The molecular weight excluding hydrogens is 246 g/mol. The molecule has 0 bridgehead atoms. The van der Waals surface area contributed by atoms with Crippen LogP contribution in [0.15, 0.2) is 12.5 Å². The van der Waals surface area contributed by atoms with Gasteiger partial charge in [-0.25, -0.2) is 4.98 Å². The first-order valence-electron chi connectivity index (χ1n) is 8.36. The number of piperidine rings is 1. The molecule has 3 atom stereocenters. The molecular formula is C17H29N3. The average molecular weight is 275 g/mol. The largest absolute Gasteiger partial charge is 0.330 e. The number of aromatic nitrogens is 2. The van der Waals surface area contributed by atoms with Crippen LogP contribution in [-0.2, 0) is 0 Å². The summed E-state index contributed by atoms with van der Waals surface area (Å²) in [5, 5.41) is 3.76. The van der Waals surface area contributed by atoms with Crippen LogP contribution in [0.2, 0.25) is 0 Å². The second-order valence-corrected chi connectivity index (χ2v) is 7.53. The Bertz CT molecular complexity index is 449. The Morgan fingerprint density at radius 2 is 2.05 bits per heavy atom. The van der Waals surface area contributed by atoms with E-state index in [1.54, 1.807) is 0 Å². The van der Waals surface area contributed by atoms with E-state index in [-0.39, 0.29) is 0 Å². The Morgan fingerprint density at radius 1 is 1.20 bits per heavy atom. The quantitative estimate of drug-likeness (QED) is 0.875. The standard InChI is InChI=1S/C17H29N3/c1-13-7-6-8-14(19-13)15-11-18-12-20(15)16-9-4-5-10-17(16,2)3/h11-14,16,19H,4-10H2,1-3H3. The molecule has 1 N–H and O–H groups in total. The van der Waals surface area contributed by atoms with Gasteiger partial charge in [-0.2, -0.15) is 0 Å². The normalized spacial score (nSPS) is 34.0. The van der Waals surface area contributed by atoms with Crippen molar-refractivity contribution in [2.45, 2.75) is 83.8 Å². The highest BCUT2D eigenvalue weighted by Crippen LogP contribution is 2.45. The second kappa shape index (κ2) is 5.51. The third-order valence-electron chi connectivity index (χ3n) is 5.46. The summed E-state index contributed by atoms with van der Waals surface area (Å²) in [7, 11) is 0. The molecule has 0 radical (unpaired) electrons. The third kappa shape index (κ3) is 2.65. The SMILES string of the molecule is CC1CCCC(c2cncn2C2CCCCC2(C)C)N1. The minimum atomic E-state index is 0.397. The lowest BCUT2D eigenvalue weighted by atomic mass is 9.73. The predicted octanol–water partition coefficient (Wildman–Crippen LogP) is 4.23. The number of hydrogen-bond acceptors (Lipinski definition) is 2. The lowest BCUT2D eigenvalue weighted by Gasteiger charge is -2.41. The summed E-state index contributed by atoms with van der Waals surface area (Å²) in [6.07, 6.45) is 13.4. The van der Waals surface area contributed by atoms with E-state index in [1.165, 1.54) is 50.6 Å². The Kier molecular flexibility index (Phi) is 3.89. The van der Waals surface area contributed by atoms with Gasteiger partial charge in [0.2, 0.25) is 0 Å². The lowest BCUT2D eigenvalue weighted by Crippen LogP contribution is -2.37. The van der Waals surface area contributed by atoms with Crippen LogP contribution in [-0.4, -0.2) is 15.6 Å². The molecule has 1 saturated heterocycles. The second-order valence-electron chi connectivity index (χ2n) is 7.53. The number of nitrogens with one attached hydrogen (secondary N) is 1. The number of imidazole rings is 1. The Balaban J connectivity index is 1.85. The summed E-state index contributed by atoms with van der Waals surface area (Å²) < 4.78 is 2.49. The Morgan fingerprint density at radius 3 is 2.80 bits per heavy atom. The monoisotopic (exact) mass is 275 g/mol. The first-order valence-corrected chi connectivity index (χ1v) is 8.36. The maximum Gasteiger partial charge on any atom is 0.0951 e. The van der Waals surface area contributed by atoms with Gasteiger partial charge < -0.3 is 9.88 Å². The summed E-state index contributed by atoms with van der Waals surface area (Å²) in [4.78, 5) is 4.49. The van der Waals surface area contributed by atoms with E-state index >= 15 is 0 Å². The Labute approximate surface area is 123 Å². The van der Waals surface area contributed by atoms with Gasteiger partial charge in [-0.15, -0.1) is 0 Å². The van der Waals surface area contributed by atoms with Crippen molar-refractivity contribution < 1.29 is 0 Å². The van der Waals surface area contributed by atoms with E-state index in [0.717, 1.165) is 0 Å². The van der Waals surface area contributed by atoms with Crippen LogP contribution in [0, 0.1) is 5.41 Å². The molecule has 20 heavy (non-hydrogen) atoms. The Hall–Kier alpha value is -0.830. The van der Waals surface area contributed by atoms with Crippen LogP contribution in [0.25, 0.3) is 0 Å². The predicted molar refractivity (Wildman–Crippen MR) is 82.7 cm³/mol. The van der Waals surface area contributed by atoms with Crippen molar-refractivity contribution in [2.75, 3.05) is 0 Å². The van der Waals surface area contributed by atoms with Gasteiger partial charge >= 0.3 is 0 Å². The summed E-state index contributed by atoms with van der Waals surface area (Å²) in [5.74, 6) is 0. The van der Waals surface area contributed by atoms with Crippen LogP contribution in [0.1, 0.15) is 83.5 Å². The maximum atomic E-state index is 4.49. The van der Waals surface area contributed by atoms with Gasteiger partial charge in [-0.05, 0) is 44.4 Å². The summed E-state index contributed by atoms with van der Waals surface area (Å²) in [6, 6.07) is 1.75. The highest BCUT2D eigenvalue weighted by Gasteiger charge is 2.35. The van der Waals surface area contributed by atoms with Gasteiger partial charge in [0.05, 0.1) is 12.0 Å². The minimum Gasteiger partial charge on any atom is -0.330 e. The van der Waals surface area contributed by atoms with Gasteiger partial charge in [-0.1, -0.05) is 26.7 Å². The summed E-state index contributed by atoms with van der Waals surface area (Å²) in [6.45, 7) is 7.16. The van der Waals surface area contributed by atoms with Gasteiger partial charge in [0.25, 0.3) is 0 Å². The van der Waals surface area contributed by atoms with E-state index < -0.39 is 0 Å². The van der Waals surface area contributed by atoms with Gasteiger partial charge in [-0.3, -0.25) is 0 Å². The molecule has 112 valence electrons. The van der Waals surface area contributed by atoms with Gasteiger partial charge in [0.15, 0.2) is 0 Å². The van der Waals surface area contributed by atoms with Crippen molar-refractivity contribution in [3.63, 3.8) is 0 Å². The molecule has 0 spiro atoms. The molecule has 1 aromatic rings. The molecule has 2 fully saturated rings. The molecule has 1 aliphatic carbocycles.